The Bertz CT molecular complexity index is 705. The molecule has 0 saturated heterocycles. The molecule has 0 atom stereocenters. The van der Waals surface area contributed by atoms with Crippen LogP contribution >= 0.6 is 0 Å². The average molecular weight is 354 g/mol. The molecule has 0 spiro atoms. The van der Waals surface area contributed by atoms with E-state index in [9.17, 15) is 18.0 Å². The molecule has 0 aliphatic heterocycles. The molecule has 6 nitrogen and oxygen atoms in total. The van der Waals surface area contributed by atoms with Crippen LogP contribution in [0.15, 0.2) is 36.4 Å². The molecule has 1 heterocycles. The van der Waals surface area contributed by atoms with Crippen LogP contribution in [-0.4, -0.2) is 36.4 Å². The summed E-state index contributed by atoms with van der Waals surface area (Å²) < 4.78 is 42.9. The first kappa shape index (κ1) is 18.7. The van der Waals surface area contributed by atoms with E-state index in [-0.39, 0.29) is 11.4 Å². The molecule has 1 aromatic carbocycles. The van der Waals surface area contributed by atoms with E-state index < -0.39 is 17.6 Å². The molecule has 0 radical (unpaired) electrons. The van der Waals surface area contributed by atoms with E-state index in [0.717, 1.165) is 18.6 Å². The Hall–Kier alpha value is -2.68. The van der Waals surface area contributed by atoms with Crippen molar-refractivity contribution in [3.63, 3.8) is 0 Å². The van der Waals surface area contributed by atoms with E-state index >= 15 is 0 Å². The van der Waals surface area contributed by atoms with Crippen molar-refractivity contribution in [2.24, 2.45) is 0 Å². The van der Waals surface area contributed by atoms with Crippen molar-refractivity contribution in [2.45, 2.75) is 12.6 Å². The number of amides is 1. The summed E-state index contributed by atoms with van der Waals surface area (Å²) in [4.78, 5) is 12.1. The van der Waals surface area contributed by atoms with Gasteiger partial charge in [0.15, 0.2) is 5.69 Å². The van der Waals surface area contributed by atoms with E-state index in [2.05, 4.69) is 20.8 Å². The highest BCUT2D eigenvalue weighted by Gasteiger charge is 2.30. The molecule has 2 N–H and O–H groups in total. The van der Waals surface area contributed by atoms with Crippen molar-refractivity contribution in [1.29, 1.82) is 0 Å². The number of nitrogens with one attached hydrogen (secondary N) is 2. The SMILES string of the molecule is COCCCNc1ccc(C(=O)Nc2cccc(C(F)(F)F)c2)nn1. The minimum absolute atomic E-state index is 0.000136. The third kappa shape index (κ3) is 5.71. The topological polar surface area (TPSA) is 76.1 Å². The van der Waals surface area contributed by atoms with Crippen LogP contribution in [0.1, 0.15) is 22.5 Å². The summed E-state index contributed by atoms with van der Waals surface area (Å²) in [7, 11) is 1.61. The molecule has 2 aromatic rings. The molecule has 0 saturated carbocycles. The molecule has 0 aliphatic rings. The van der Waals surface area contributed by atoms with Crippen LogP contribution in [0.2, 0.25) is 0 Å². The average Bonchev–Trinajstić information content (AvgIpc) is 2.59. The third-order valence-electron chi connectivity index (χ3n) is 3.18. The molecule has 1 amide bonds. The van der Waals surface area contributed by atoms with Gasteiger partial charge in [0.05, 0.1) is 5.56 Å². The minimum Gasteiger partial charge on any atom is -0.385 e. The molecule has 0 bridgehead atoms. The van der Waals surface area contributed by atoms with Crippen LogP contribution < -0.4 is 10.6 Å². The van der Waals surface area contributed by atoms with Gasteiger partial charge < -0.3 is 15.4 Å². The Morgan fingerprint density at radius 3 is 2.64 bits per heavy atom. The predicted molar refractivity (Wildman–Crippen MR) is 86.4 cm³/mol. The van der Waals surface area contributed by atoms with E-state index in [1.807, 2.05) is 0 Å². The highest BCUT2D eigenvalue weighted by atomic mass is 19.4. The number of benzene rings is 1. The number of hydrogen-bond donors (Lipinski definition) is 2. The summed E-state index contributed by atoms with van der Waals surface area (Å²) >= 11 is 0. The number of hydrogen-bond acceptors (Lipinski definition) is 5. The van der Waals surface area contributed by atoms with Gasteiger partial charge >= 0.3 is 6.18 Å². The Morgan fingerprint density at radius 1 is 1.20 bits per heavy atom. The first-order valence-corrected chi connectivity index (χ1v) is 7.45. The number of aromatic nitrogens is 2. The number of nitrogens with zero attached hydrogens (tertiary/aromatic N) is 2. The van der Waals surface area contributed by atoms with Gasteiger partial charge in [0.1, 0.15) is 5.82 Å². The van der Waals surface area contributed by atoms with Crippen LogP contribution in [0.4, 0.5) is 24.7 Å². The van der Waals surface area contributed by atoms with Crippen LogP contribution in [0.3, 0.4) is 0 Å². The van der Waals surface area contributed by atoms with Crippen molar-refractivity contribution < 1.29 is 22.7 Å². The van der Waals surface area contributed by atoms with Crippen molar-refractivity contribution in [1.82, 2.24) is 10.2 Å². The van der Waals surface area contributed by atoms with E-state index in [1.165, 1.54) is 18.2 Å². The fourth-order valence-corrected chi connectivity index (χ4v) is 1.95. The first-order valence-electron chi connectivity index (χ1n) is 7.45. The molecule has 9 heteroatoms. The predicted octanol–water partition coefficient (Wildman–Crippen LogP) is 3.20. The standard InChI is InChI=1S/C16H17F3N4O2/c1-25-9-3-8-20-14-7-6-13(22-23-14)15(24)21-12-5-2-4-11(10-12)16(17,18)19/h2,4-7,10H,3,8-9H2,1H3,(H,20,23)(H,21,24). The quantitative estimate of drug-likeness (QED) is 0.747. The Kier molecular flexibility index (Phi) is 6.29. The van der Waals surface area contributed by atoms with Crippen molar-refractivity contribution >= 4 is 17.4 Å². The van der Waals surface area contributed by atoms with Crippen LogP contribution in [0.25, 0.3) is 0 Å². The molecule has 2 rings (SSSR count). The number of carbonyl (C=O) groups is 1. The molecule has 25 heavy (non-hydrogen) atoms. The fourth-order valence-electron chi connectivity index (χ4n) is 1.95. The summed E-state index contributed by atoms with van der Waals surface area (Å²) in [5, 5.41) is 13.0. The number of rotatable bonds is 7. The van der Waals surface area contributed by atoms with Crippen LogP contribution in [0, 0.1) is 0 Å². The summed E-state index contributed by atoms with van der Waals surface area (Å²) in [5.74, 6) is -0.149. The second-order valence-corrected chi connectivity index (χ2v) is 5.11. The molecular weight excluding hydrogens is 337 g/mol. The van der Waals surface area contributed by atoms with Gasteiger partial charge in [-0.1, -0.05) is 6.07 Å². The summed E-state index contributed by atoms with van der Waals surface area (Å²) in [6, 6.07) is 7.38. The maximum atomic E-state index is 12.7. The first-order chi connectivity index (χ1) is 11.9. The van der Waals surface area contributed by atoms with Gasteiger partial charge in [-0.3, -0.25) is 4.79 Å². The molecule has 1 aromatic heterocycles. The lowest BCUT2D eigenvalue weighted by atomic mass is 10.2. The zero-order valence-corrected chi connectivity index (χ0v) is 13.4. The lowest BCUT2D eigenvalue weighted by Gasteiger charge is -2.09. The van der Waals surface area contributed by atoms with Gasteiger partial charge in [-0.2, -0.15) is 13.2 Å². The molecular formula is C16H17F3N4O2. The second kappa shape index (κ2) is 8.43. The molecule has 134 valence electrons. The molecule has 0 fully saturated rings. The van der Waals surface area contributed by atoms with E-state index in [0.29, 0.717) is 19.0 Å². The van der Waals surface area contributed by atoms with E-state index in [4.69, 9.17) is 4.74 Å². The van der Waals surface area contributed by atoms with Gasteiger partial charge in [0, 0.05) is 25.9 Å². The summed E-state index contributed by atoms with van der Waals surface area (Å²) in [5.41, 5.74) is -0.810. The summed E-state index contributed by atoms with van der Waals surface area (Å²) in [6.07, 6.45) is -3.69. The Labute approximate surface area is 142 Å². The third-order valence-corrected chi connectivity index (χ3v) is 3.18. The van der Waals surface area contributed by atoms with E-state index in [1.54, 1.807) is 13.2 Å². The maximum absolute atomic E-state index is 12.7. The zero-order chi connectivity index (χ0) is 18.3. The Morgan fingerprint density at radius 2 is 2.00 bits per heavy atom. The van der Waals surface area contributed by atoms with Crippen LogP contribution in [-0.2, 0) is 10.9 Å². The highest BCUT2D eigenvalue weighted by molar-refractivity contribution is 6.02. The van der Waals surface area contributed by atoms with Gasteiger partial charge in [0.2, 0.25) is 0 Å². The number of halogens is 3. The fraction of sp³-hybridized carbons (Fsp3) is 0.312. The number of methoxy groups -OCH3 is 1. The monoisotopic (exact) mass is 354 g/mol. The maximum Gasteiger partial charge on any atom is 0.416 e. The van der Waals surface area contributed by atoms with Crippen LogP contribution in [0.5, 0.6) is 0 Å². The second-order valence-electron chi connectivity index (χ2n) is 5.11. The number of anilines is 2. The number of ether oxygens (including phenoxy) is 1. The largest absolute Gasteiger partial charge is 0.416 e. The highest BCUT2D eigenvalue weighted by Crippen LogP contribution is 2.30. The molecule has 0 aliphatic carbocycles. The van der Waals surface area contributed by atoms with Gasteiger partial charge in [-0.15, -0.1) is 10.2 Å². The van der Waals surface area contributed by atoms with Crippen molar-refractivity contribution in [3.8, 4) is 0 Å². The lowest BCUT2D eigenvalue weighted by molar-refractivity contribution is -0.137. The normalized spacial score (nSPS) is 11.2. The van der Waals surface area contributed by atoms with Crippen molar-refractivity contribution in [2.75, 3.05) is 30.9 Å². The van der Waals surface area contributed by atoms with Gasteiger partial charge in [-0.25, -0.2) is 0 Å². The molecule has 0 unspecified atom stereocenters. The minimum atomic E-state index is -4.48. The lowest BCUT2D eigenvalue weighted by Crippen LogP contribution is -2.16. The van der Waals surface area contributed by atoms with Crippen molar-refractivity contribution in [3.05, 3.63) is 47.7 Å². The summed E-state index contributed by atoms with van der Waals surface area (Å²) in [6.45, 7) is 1.25. The number of carbonyl (C=O) groups excluding carboxylic acids is 1. The smallest absolute Gasteiger partial charge is 0.385 e. The number of alkyl halides is 3. The van der Waals surface area contributed by atoms with Gasteiger partial charge in [0.25, 0.3) is 5.91 Å². The zero-order valence-electron chi connectivity index (χ0n) is 13.4. The Balaban J connectivity index is 1.97. The van der Waals surface area contributed by atoms with Gasteiger partial charge in [-0.05, 0) is 36.8 Å².